The van der Waals surface area contributed by atoms with Crippen molar-refractivity contribution in [3.8, 4) is 22.8 Å². The lowest BCUT2D eigenvalue weighted by Gasteiger charge is -2.13. The van der Waals surface area contributed by atoms with Crippen molar-refractivity contribution in [2.75, 3.05) is 52.0 Å². The summed E-state index contributed by atoms with van der Waals surface area (Å²) in [6.07, 6.45) is 0.675. The lowest BCUT2D eigenvalue weighted by Crippen LogP contribution is -2.14. The van der Waals surface area contributed by atoms with Gasteiger partial charge in [-0.3, -0.25) is 5.10 Å². The summed E-state index contributed by atoms with van der Waals surface area (Å²) in [6.45, 7) is 6.87. The topological polar surface area (TPSA) is 104 Å². The Balaban J connectivity index is 0.00000158. The van der Waals surface area contributed by atoms with Crippen LogP contribution in [0.3, 0.4) is 0 Å². The molecule has 3 aromatic rings. The summed E-state index contributed by atoms with van der Waals surface area (Å²) in [6, 6.07) is 10.2. The second-order valence-electron chi connectivity index (χ2n) is 7.26. The number of ether oxygens (including phenoxy) is 4. The van der Waals surface area contributed by atoms with E-state index in [0.29, 0.717) is 69.0 Å². The third-order valence-electron chi connectivity index (χ3n) is 5.10. The van der Waals surface area contributed by atoms with Gasteiger partial charge >= 0.3 is 0 Å². The molecule has 4 N–H and O–H groups in total. The summed E-state index contributed by atoms with van der Waals surface area (Å²) in [5.74, 6) is 1.67. The highest BCUT2D eigenvalue weighted by Crippen LogP contribution is 2.44. The number of hydrogen-bond acceptors (Lipinski definition) is 7. The molecule has 1 heterocycles. The van der Waals surface area contributed by atoms with Gasteiger partial charge in [0.1, 0.15) is 12.4 Å². The molecular weight excluding hydrogens is 439 g/mol. The first-order valence-corrected chi connectivity index (χ1v) is 11.5. The average molecular weight is 473 g/mol. The molecule has 1 aliphatic carbocycles. The second kappa shape index (κ2) is 12.9. The van der Waals surface area contributed by atoms with Gasteiger partial charge in [-0.15, -0.1) is 0 Å². The van der Waals surface area contributed by atoms with Crippen LogP contribution in [0.25, 0.3) is 11.3 Å². The molecule has 0 atom stereocenters. The Hall–Kier alpha value is -3.14. The molecule has 0 radical (unpaired) electrons. The van der Waals surface area contributed by atoms with Crippen molar-refractivity contribution in [3.63, 3.8) is 0 Å². The van der Waals surface area contributed by atoms with Crippen molar-refractivity contribution in [1.29, 1.82) is 0 Å². The molecule has 0 fully saturated rings. The van der Waals surface area contributed by atoms with E-state index in [-0.39, 0.29) is 5.82 Å². The third-order valence-corrected chi connectivity index (χ3v) is 5.10. The summed E-state index contributed by atoms with van der Waals surface area (Å²) in [5, 5.41) is 10.6. The fraction of sp³-hybridized carbons (Fsp3) is 0.400. The van der Waals surface area contributed by atoms with Gasteiger partial charge in [0.2, 0.25) is 0 Å². The van der Waals surface area contributed by atoms with Crippen LogP contribution in [0.2, 0.25) is 0 Å². The van der Waals surface area contributed by atoms with Crippen LogP contribution < -0.4 is 20.5 Å². The number of fused-ring (bicyclic) bond motifs is 3. The minimum atomic E-state index is -0.302. The molecule has 1 aromatic heterocycles. The number of nitrogens with zero attached hydrogens (tertiary/aromatic N) is 1. The highest BCUT2D eigenvalue weighted by Gasteiger charge is 2.27. The number of benzene rings is 2. The van der Waals surface area contributed by atoms with E-state index in [1.54, 1.807) is 19.2 Å². The molecular formula is C25H33FN4O4. The Morgan fingerprint density at radius 3 is 2.53 bits per heavy atom. The Morgan fingerprint density at radius 2 is 1.79 bits per heavy atom. The number of H-pyrrole nitrogens is 1. The molecule has 34 heavy (non-hydrogen) atoms. The van der Waals surface area contributed by atoms with Gasteiger partial charge in [-0.25, -0.2) is 4.39 Å². The van der Waals surface area contributed by atoms with Crippen LogP contribution in [0, 0.1) is 5.82 Å². The molecule has 0 amide bonds. The Kier molecular flexibility index (Phi) is 9.69. The van der Waals surface area contributed by atoms with Gasteiger partial charge in [0, 0.05) is 29.8 Å². The number of anilines is 2. The maximum atomic E-state index is 13.5. The van der Waals surface area contributed by atoms with E-state index >= 15 is 0 Å². The Bertz CT molecular complexity index is 1060. The number of halogens is 1. The van der Waals surface area contributed by atoms with Gasteiger partial charge in [0.05, 0.1) is 39.2 Å². The van der Waals surface area contributed by atoms with Crippen molar-refractivity contribution in [1.82, 2.24) is 10.2 Å². The van der Waals surface area contributed by atoms with E-state index in [0.717, 1.165) is 22.4 Å². The summed E-state index contributed by atoms with van der Waals surface area (Å²) >= 11 is 0. The molecule has 0 aliphatic heterocycles. The van der Waals surface area contributed by atoms with Crippen LogP contribution in [-0.2, 0) is 15.9 Å². The van der Waals surface area contributed by atoms with E-state index in [9.17, 15) is 4.39 Å². The molecule has 2 aromatic carbocycles. The summed E-state index contributed by atoms with van der Waals surface area (Å²) < 4.78 is 35.7. The first kappa shape index (κ1) is 25.5. The monoisotopic (exact) mass is 472 g/mol. The van der Waals surface area contributed by atoms with Crippen LogP contribution in [0.4, 0.5) is 15.9 Å². The number of rotatable bonds is 12. The van der Waals surface area contributed by atoms with Crippen molar-refractivity contribution in [2.45, 2.75) is 20.3 Å². The number of hydrogen-bond donors (Lipinski definition) is 3. The van der Waals surface area contributed by atoms with Crippen molar-refractivity contribution < 1.29 is 23.3 Å². The van der Waals surface area contributed by atoms with E-state index < -0.39 is 0 Å². The van der Waals surface area contributed by atoms with E-state index in [4.69, 9.17) is 24.7 Å². The molecule has 0 unspecified atom stereocenters. The molecule has 8 nitrogen and oxygen atoms in total. The van der Waals surface area contributed by atoms with Gasteiger partial charge < -0.3 is 30.0 Å². The fourth-order valence-corrected chi connectivity index (χ4v) is 3.63. The summed E-state index contributed by atoms with van der Waals surface area (Å²) in [5.41, 5.74) is 10.1. The first-order chi connectivity index (χ1) is 16.7. The zero-order valence-corrected chi connectivity index (χ0v) is 19.9. The highest BCUT2D eigenvalue weighted by atomic mass is 19.1. The van der Waals surface area contributed by atoms with Crippen LogP contribution in [0.1, 0.15) is 25.0 Å². The summed E-state index contributed by atoms with van der Waals surface area (Å²) in [4.78, 5) is 0. The van der Waals surface area contributed by atoms with E-state index in [1.165, 1.54) is 12.1 Å². The molecule has 9 heteroatoms. The highest BCUT2D eigenvalue weighted by molar-refractivity contribution is 5.81. The van der Waals surface area contributed by atoms with Gasteiger partial charge in [0.25, 0.3) is 0 Å². The van der Waals surface area contributed by atoms with E-state index in [1.807, 2.05) is 26.0 Å². The molecule has 0 saturated heterocycles. The van der Waals surface area contributed by atoms with Gasteiger partial charge in [0.15, 0.2) is 17.3 Å². The molecule has 1 aliphatic rings. The SMILES string of the molecule is CC.COc1cc2c(cc1OCCOCCOCCN)Cc1c(Nc3cccc(F)c3)n[nH]c1-2. The molecule has 0 saturated carbocycles. The number of aromatic nitrogens is 2. The van der Waals surface area contributed by atoms with E-state index in [2.05, 4.69) is 15.5 Å². The normalized spacial score (nSPS) is 11.3. The first-order valence-electron chi connectivity index (χ1n) is 11.5. The van der Waals surface area contributed by atoms with Crippen molar-refractivity contribution in [3.05, 3.63) is 53.3 Å². The lowest BCUT2D eigenvalue weighted by atomic mass is 10.1. The Labute approximate surface area is 199 Å². The molecule has 184 valence electrons. The molecule has 0 bridgehead atoms. The van der Waals surface area contributed by atoms with Gasteiger partial charge in [-0.1, -0.05) is 19.9 Å². The third kappa shape index (κ3) is 6.25. The van der Waals surface area contributed by atoms with Crippen LogP contribution >= 0.6 is 0 Å². The standard InChI is InChI=1S/C23H27FN4O4.C2H6/c1-29-20-14-18-15(12-21(20)32-10-9-31-8-7-30-6-5-25)11-19-22(18)27-28-23(19)26-17-4-2-3-16(24)13-17;1-2/h2-4,12-14H,5-11,25H2,1H3,(H2,26,27,28);1-2H3. The Morgan fingerprint density at radius 1 is 1.03 bits per heavy atom. The minimum Gasteiger partial charge on any atom is -0.493 e. The maximum absolute atomic E-state index is 13.5. The van der Waals surface area contributed by atoms with Crippen molar-refractivity contribution >= 4 is 11.5 Å². The zero-order chi connectivity index (χ0) is 24.3. The van der Waals surface area contributed by atoms with Gasteiger partial charge in [-0.2, -0.15) is 5.10 Å². The zero-order valence-electron chi connectivity index (χ0n) is 19.9. The molecule has 4 rings (SSSR count). The van der Waals surface area contributed by atoms with Gasteiger partial charge in [-0.05, 0) is 35.9 Å². The van der Waals surface area contributed by atoms with Crippen LogP contribution in [0.15, 0.2) is 36.4 Å². The number of aromatic amines is 1. The lowest BCUT2D eigenvalue weighted by molar-refractivity contribution is 0.0385. The van der Waals surface area contributed by atoms with Crippen LogP contribution in [0.5, 0.6) is 11.5 Å². The second-order valence-corrected chi connectivity index (χ2v) is 7.26. The number of methoxy groups -OCH3 is 1. The van der Waals surface area contributed by atoms with Crippen LogP contribution in [-0.4, -0.2) is 56.9 Å². The maximum Gasteiger partial charge on any atom is 0.161 e. The predicted molar refractivity (Wildman–Crippen MR) is 131 cm³/mol. The molecule has 0 spiro atoms. The summed E-state index contributed by atoms with van der Waals surface area (Å²) in [7, 11) is 1.61. The minimum absolute atomic E-state index is 0.302. The fourth-order valence-electron chi connectivity index (χ4n) is 3.63. The largest absolute Gasteiger partial charge is 0.493 e. The average Bonchev–Trinajstić information content (AvgIpc) is 3.40. The van der Waals surface area contributed by atoms with Crippen molar-refractivity contribution in [2.24, 2.45) is 5.73 Å². The predicted octanol–water partition coefficient (Wildman–Crippen LogP) is 4.27. The quantitative estimate of drug-likeness (QED) is 0.265. The number of nitrogens with one attached hydrogen (secondary N) is 2. The smallest absolute Gasteiger partial charge is 0.161 e. The number of nitrogens with two attached hydrogens (primary N) is 1.